The summed E-state index contributed by atoms with van der Waals surface area (Å²) in [6.45, 7) is 0. The molecule has 1 aliphatic rings. The molecule has 1 unspecified atom stereocenters. The molecule has 2 aromatic rings. The van der Waals surface area contributed by atoms with E-state index in [1.165, 1.54) is 16.8 Å². The first-order chi connectivity index (χ1) is 9.75. The van der Waals surface area contributed by atoms with Crippen LogP contribution in [0.15, 0.2) is 65.8 Å². The Hall–Kier alpha value is -2.07. The predicted molar refractivity (Wildman–Crippen MR) is 82.5 cm³/mol. The minimum Gasteiger partial charge on any atom is -0.271 e. The number of likely N-dealkylation sites (N-methyl/N-ethyl adjacent to an activating group) is 1. The molecule has 100 valence electrons. The van der Waals surface area contributed by atoms with Crippen LogP contribution in [0.5, 0.6) is 0 Å². The fourth-order valence-corrected chi connectivity index (χ4v) is 3.30. The van der Waals surface area contributed by atoms with Crippen LogP contribution in [-0.2, 0) is 4.79 Å². The lowest BCUT2D eigenvalue weighted by molar-refractivity contribution is -0.129. The van der Waals surface area contributed by atoms with Crippen LogP contribution in [0.3, 0.4) is 0 Å². The molecule has 0 aromatic heterocycles. The van der Waals surface area contributed by atoms with E-state index >= 15 is 0 Å². The van der Waals surface area contributed by atoms with Crippen LogP contribution in [0.4, 0.5) is 0 Å². The van der Waals surface area contributed by atoms with E-state index in [1.807, 2.05) is 60.7 Å². The summed E-state index contributed by atoms with van der Waals surface area (Å²) in [6, 6.07) is 19.8. The average molecular weight is 282 g/mol. The number of carbonyl (C=O) groups is 1. The van der Waals surface area contributed by atoms with Gasteiger partial charge < -0.3 is 0 Å². The molecular formula is C16H14N2OS. The van der Waals surface area contributed by atoms with Gasteiger partial charge in [0.1, 0.15) is 10.3 Å². The standard InChI is InChI=1S/C16H14N2OS/c1-18-16(19)14(12-8-4-2-5-9-12)20-15(17-18)13-10-6-3-7-11-13/h2-11,14H,1H3. The highest BCUT2D eigenvalue weighted by atomic mass is 32.2. The number of benzene rings is 2. The van der Waals surface area contributed by atoms with Gasteiger partial charge in [-0.2, -0.15) is 5.10 Å². The Bertz CT molecular complexity index is 640. The van der Waals surface area contributed by atoms with E-state index in [0.29, 0.717) is 0 Å². The second-order valence-electron chi connectivity index (χ2n) is 4.54. The van der Waals surface area contributed by atoms with Gasteiger partial charge in [-0.15, -0.1) is 0 Å². The van der Waals surface area contributed by atoms with Crippen molar-refractivity contribution in [2.75, 3.05) is 7.05 Å². The van der Waals surface area contributed by atoms with Gasteiger partial charge in [0.2, 0.25) is 0 Å². The molecule has 0 radical (unpaired) electrons. The molecule has 1 amide bonds. The highest BCUT2D eigenvalue weighted by Gasteiger charge is 2.31. The number of carbonyl (C=O) groups excluding carboxylic acids is 1. The van der Waals surface area contributed by atoms with Gasteiger partial charge in [0.05, 0.1) is 0 Å². The quantitative estimate of drug-likeness (QED) is 0.846. The molecule has 3 rings (SSSR count). The van der Waals surface area contributed by atoms with Gasteiger partial charge in [-0.3, -0.25) is 4.79 Å². The predicted octanol–water partition coefficient (Wildman–Crippen LogP) is 3.29. The first-order valence-corrected chi connectivity index (χ1v) is 7.27. The maximum Gasteiger partial charge on any atom is 0.260 e. The highest BCUT2D eigenvalue weighted by molar-refractivity contribution is 8.15. The number of hydrogen-bond acceptors (Lipinski definition) is 3. The summed E-state index contributed by atoms with van der Waals surface area (Å²) < 4.78 is 0. The fourth-order valence-electron chi connectivity index (χ4n) is 2.09. The normalized spacial score (nSPS) is 18.9. The molecule has 2 aromatic carbocycles. The number of hydrazone groups is 1. The molecule has 0 saturated heterocycles. The Morgan fingerprint density at radius 2 is 1.60 bits per heavy atom. The molecule has 1 atom stereocenters. The maximum atomic E-state index is 12.3. The Labute approximate surface area is 122 Å². The van der Waals surface area contributed by atoms with E-state index in [0.717, 1.165) is 16.2 Å². The van der Waals surface area contributed by atoms with E-state index in [1.54, 1.807) is 7.05 Å². The number of hydrogen-bond donors (Lipinski definition) is 0. The Kier molecular flexibility index (Phi) is 3.56. The molecule has 1 heterocycles. The van der Waals surface area contributed by atoms with Crippen molar-refractivity contribution in [1.29, 1.82) is 0 Å². The molecule has 0 aliphatic carbocycles. The molecule has 20 heavy (non-hydrogen) atoms. The number of thioether (sulfide) groups is 1. The SMILES string of the molecule is CN1N=C(c2ccccc2)SC(c2ccccc2)C1=O. The van der Waals surface area contributed by atoms with E-state index in [9.17, 15) is 4.79 Å². The fraction of sp³-hybridized carbons (Fsp3) is 0.125. The van der Waals surface area contributed by atoms with E-state index < -0.39 is 0 Å². The van der Waals surface area contributed by atoms with Gasteiger partial charge in [0, 0.05) is 12.6 Å². The highest BCUT2D eigenvalue weighted by Crippen LogP contribution is 2.36. The van der Waals surface area contributed by atoms with E-state index in [2.05, 4.69) is 5.10 Å². The van der Waals surface area contributed by atoms with Gasteiger partial charge in [-0.25, -0.2) is 5.01 Å². The summed E-state index contributed by atoms with van der Waals surface area (Å²) in [5.41, 5.74) is 2.05. The summed E-state index contributed by atoms with van der Waals surface area (Å²) in [5.74, 6) is 0.0147. The lowest BCUT2D eigenvalue weighted by Crippen LogP contribution is -2.31. The second-order valence-corrected chi connectivity index (χ2v) is 5.64. The Balaban J connectivity index is 1.96. The van der Waals surface area contributed by atoms with Crippen molar-refractivity contribution in [3.05, 3.63) is 71.8 Å². The summed E-state index contributed by atoms with van der Waals surface area (Å²) in [4.78, 5) is 12.3. The molecule has 0 bridgehead atoms. The lowest BCUT2D eigenvalue weighted by atomic mass is 10.1. The third kappa shape index (κ3) is 2.47. The number of nitrogens with zero attached hydrogens (tertiary/aromatic N) is 2. The number of amides is 1. The molecule has 0 saturated carbocycles. The third-order valence-corrected chi connectivity index (χ3v) is 4.39. The molecule has 0 fully saturated rings. The van der Waals surface area contributed by atoms with Crippen molar-refractivity contribution in [3.8, 4) is 0 Å². The molecule has 0 N–H and O–H groups in total. The van der Waals surface area contributed by atoms with Gasteiger partial charge >= 0.3 is 0 Å². The van der Waals surface area contributed by atoms with Crippen molar-refractivity contribution < 1.29 is 4.79 Å². The summed E-state index contributed by atoms with van der Waals surface area (Å²) in [5, 5.41) is 6.46. The van der Waals surface area contributed by atoms with Crippen molar-refractivity contribution in [1.82, 2.24) is 5.01 Å². The van der Waals surface area contributed by atoms with Crippen LogP contribution in [0.25, 0.3) is 0 Å². The molecule has 3 nitrogen and oxygen atoms in total. The van der Waals surface area contributed by atoms with Crippen LogP contribution in [-0.4, -0.2) is 23.0 Å². The van der Waals surface area contributed by atoms with Gasteiger partial charge in [0.15, 0.2) is 0 Å². The van der Waals surface area contributed by atoms with Crippen LogP contribution in [0.1, 0.15) is 16.4 Å². The summed E-state index contributed by atoms with van der Waals surface area (Å²) >= 11 is 1.51. The first kappa shape index (κ1) is 12.9. The summed E-state index contributed by atoms with van der Waals surface area (Å²) in [6.07, 6.45) is 0. The zero-order valence-electron chi connectivity index (χ0n) is 11.1. The van der Waals surface area contributed by atoms with Crippen LogP contribution < -0.4 is 0 Å². The van der Waals surface area contributed by atoms with Crippen LogP contribution in [0.2, 0.25) is 0 Å². The Morgan fingerprint density at radius 1 is 1.00 bits per heavy atom. The minimum absolute atomic E-state index is 0.0147. The van der Waals surface area contributed by atoms with Crippen molar-refractivity contribution in [2.24, 2.45) is 5.10 Å². The zero-order valence-corrected chi connectivity index (χ0v) is 11.9. The van der Waals surface area contributed by atoms with Crippen molar-refractivity contribution in [3.63, 3.8) is 0 Å². The lowest BCUT2D eigenvalue weighted by Gasteiger charge is -2.26. The second kappa shape index (κ2) is 5.51. The van der Waals surface area contributed by atoms with E-state index in [-0.39, 0.29) is 11.2 Å². The molecule has 0 spiro atoms. The monoisotopic (exact) mass is 282 g/mol. The molecule has 4 heteroatoms. The maximum absolute atomic E-state index is 12.3. The minimum atomic E-state index is -0.228. The third-order valence-electron chi connectivity index (χ3n) is 3.14. The van der Waals surface area contributed by atoms with E-state index in [4.69, 9.17) is 0 Å². The van der Waals surface area contributed by atoms with Gasteiger partial charge in [-0.05, 0) is 5.56 Å². The number of rotatable bonds is 2. The Morgan fingerprint density at radius 3 is 2.25 bits per heavy atom. The average Bonchev–Trinajstić information content (AvgIpc) is 2.51. The van der Waals surface area contributed by atoms with Gasteiger partial charge in [0.25, 0.3) is 5.91 Å². The first-order valence-electron chi connectivity index (χ1n) is 6.39. The zero-order chi connectivity index (χ0) is 13.9. The van der Waals surface area contributed by atoms with Gasteiger partial charge in [-0.1, -0.05) is 72.4 Å². The van der Waals surface area contributed by atoms with Crippen molar-refractivity contribution >= 4 is 22.7 Å². The van der Waals surface area contributed by atoms with Crippen LogP contribution >= 0.6 is 11.8 Å². The van der Waals surface area contributed by atoms with Crippen LogP contribution in [0, 0.1) is 0 Å². The largest absolute Gasteiger partial charge is 0.271 e. The molecule has 1 aliphatic heterocycles. The smallest absolute Gasteiger partial charge is 0.260 e. The summed E-state index contributed by atoms with van der Waals surface area (Å²) in [7, 11) is 1.71. The molecular weight excluding hydrogens is 268 g/mol. The van der Waals surface area contributed by atoms with Crippen molar-refractivity contribution in [2.45, 2.75) is 5.25 Å². The topological polar surface area (TPSA) is 32.7 Å².